The Hall–Kier alpha value is -4.04. The molecule has 0 aliphatic carbocycles. The lowest BCUT2D eigenvalue weighted by molar-refractivity contribution is 0.406. The van der Waals surface area contributed by atoms with Gasteiger partial charge in [0.2, 0.25) is 0 Å². The fourth-order valence-corrected chi connectivity index (χ4v) is 4.66. The first-order chi connectivity index (χ1) is 14.7. The Labute approximate surface area is 173 Å². The van der Waals surface area contributed by atoms with E-state index in [1.165, 1.54) is 10.8 Å². The van der Waals surface area contributed by atoms with Crippen molar-refractivity contribution in [2.24, 2.45) is 0 Å². The van der Waals surface area contributed by atoms with Crippen molar-refractivity contribution in [3.05, 3.63) is 97.1 Å². The monoisotopic (exact) mass is 386 g/mol. The number of rotatable bonds is 1. The molecule has 0 aliphatic heterocycles. The Bertz CT molecular complexity index is 1610. The van der Waals surface area contributed by atoms with Crippen LogP contribution in [0.25, 0.3) is 54.2 Å². The highest BCUT2D eigenvalue weighted by Gasteiger charge is 2.18. The maximum absolute atomic E-state index is 10.9. The van der Waals surface area contributed by atoms with E-state index < -0.39 is 0 Å². The Morgan fingerprint density at radius 3 is 1.77 bits per heavy atom. The minimum atomic E-state index is -0.105. The van der Waals surface area contributed by atoms with Gasteiger partial charge in [0.15, 0.2) is 11.5 Å². The maximum atomic E-state index is 10.9. The van der Waals surface area contributed by atoms with Gasteiger partial charge in [-0.15, -0.1) is 0 Å². The summed E-state index contributed by atoms with van der Waals surface area (Å²) in [6.45, 7) is 0. The lowest BCUT2D eigenvalue weighted by Gasteiger charge is -2.15. The standard InChI is InChI=1S/C28H18O2/c29-26-16-25-20-9-4-2-7-18(20)13-15-24(25)27(28(26)30)23-11-5-10-21-19-8-3-1-6-17(19)12-14-22(21)23/h1-16,29-30H. The Morgan fingerprint density at radius 2 is 1.03 bits per heavy atom. The van der Waals surface area contributed by atoms with E-state index in [0.29, 0.717) is 5.56 Å². The van der Waals surface area contributed by atoms with Crippen molar-refractivity contribution < 1.29 is 10.2 Å². The Morgan fingerprint density at radius 1 is 0.433 bits per heavy atom. The molecule has 2 heteroatoms. The predicted molar refractivity (Wildman–Crippen MR) is 125 cm³/mol. The molecule has 0 radical (unpaired) electrons. The minimum absolute atomic E-state index is 0.0848. The van der Waals surface area contributed by atoms with E-state index in [1.807, 2.05) is 42.5 Å². The van der Waals surface area contributed by atoms with Gasteiger partial charge in [0.05, 0.1) is 0 Å². The van der Waals surface area contributed by atoms with Gasteiger partial charge >= 0.3 is 0 Å². The van der Waals surface area contributed by atoms with Gasteiger partial charge in [0, 0.05) is 5.56 Å². The van der Waals surface area contributed by atoms with E-state index >= 15 is 0 Å². The molecule has 6 aromatic rings. The van der Waals surface area contributed by atoms with Gasteiger partial charge in [-0.1, -0.05) is 91.0 Å². The number of phenols is 2. The normalized spacial score (nSPS) is 11.6. The molecule has 0 bridgehead atoms. The third kappa shape index (κ3) is 2.31. The van der Waals surface area contributed by atoms with Crippen LogP contribution in [0.5, 0.6) is 11.5 Å². The van der Waals surface area contributed by atoms with Crippen molar-refractivity contribution >= 4 is 43.1 Å². The van der Waals surface area contributed by atoms with E-state index in [-0.39, 0.29) is 11.5 Å². The Kier molecular flexibility index (Phi) is 3.50. The molecule has 0 aliphatic rings. The van der Waals surface area contributed by atoms with Gasteiger partial charge in [-0.3, -0.25) is 0 Å². The van der Waals surface area contributed by atoms with Crippen LogP contribution in [0.2, 0.25) is 0 Å². The summed E-state index contributed by atoms with van der Waals surface area (Å²) in [5.41, 5.74) is 1.57. The van der Waals surface area contributed by atoms with Crippen molar-refractivity contribution in [3.63, 3.8) is 0 Å². The molecule has 0 saturated carbocycles. The van der Waals surface area contributed by atoms with Gasteiger partial charge in [-0.05, 0) is 54.7 Å². The summed E-state index contributed by atoms with van der Waals surface area (Å²) in [5, 5.41) is 30.1. The molecule has 0 aromatic heterocycles. The number of benzene rings is 6. The molecular formula is C28H18O2. The van der Waals surface area contributed by atoms with Gasteiger partial charge in [-0.2, -0.15) is 0 Å². The van der Waals surface area contributed by atoms with Gasteiger partial charge in [0.1, 0.15) is 0 Å². The molecule has 2 nitrogen and oxygen atoms in total. The first kappa shape index (κ1) is 16.9. The number of hydrogen-bond donors (Lipinski definition) is 2. The highest BCUT2D eigenvalue weighted by molar-refractivity contribution is 6.19. The molecule has 30 heavy (non-hydrogen) atoms. The average molecular weight is 386 g/mol. The van der Waals surface area contributed by atoms with Crippen molar-refractivity contribution in [1.29, 1.82) is 0 Å². The van der Waals surface area contributed by atoms with Crippen molar-refractivity contribution in [1.82, 2.24) is 0 Å². The molecule has 6 rings (SSSR count). The van der Waals surface area contributed by atoms with E-state index in [1.54, 1.807) is 6.07 Å². The van der Waals surface area contributed by atoms with Gasteiger partial charge < -0.3 is 10.2 Å². The fraction of sp³-hybridized carbons (Fsp3) is 0. The zero-order valence-electron chi connectivity index (χ0n) is 16.1. The lowest BCUT2D eigenvalue weighted by atomic mass is 9.89. The third-order valence-electron chi connectivity index (χ3n) is 6.06. The van der Waals surface area contributed by atoms with Crippen LogP contribution in [-0.4, -0.2) is 10.2 Å². The van der Waals surface area contributed by atoms with E-state index in [0.717, 1.165) is 37.9 Å². The topological polar surface area (TPSA) is 40.5 Å². The van der Waals surface area contributed by atoms with Crippen LogP contribution in [0.4, 0.5) is 0 Å². The molecule has 0 spiro atoms. The van der Waals surface area contributed by atoms with Gasteiger partial charge in [-0.25, -0.2) is 0 Å². The second kappa shape index (κ2) is 6.23. The largest absolute Gasteiger partial charge is 0.504 e. The zero-order valence-corrected chi connectivity index (χ0v) is 16.1. The summed E-state index contributed by atoms with van der Waals surface area (Å²) in [6.07, 6.45) is 0. The molecule has 0 amide bonds. The van der Waals surface area contributed by atoms with Gasteiger partial charge in [0.25, 0.3) is 0 Å². The summed E-state index contributed by atoms with van der Waals surface area (Å²) in [5.74, 6) is -0.190. The zero-order chi connectivity index (χ0) is 20.2. The van der Waals surface area contributed by atoms with Crippen LogP contribution >= 0.6 is 0 Å². The third-order valence-corrected chi connectivity index (χ3v) is 6.06. The summed E-state index contributed by atoms with van der Waals surface area (Å²) in [4.78, 5) is 0. The first-order valence-electron chi connectivity index (χ1n) is 9.99. The van der Waals surface area contributed by atoms with Crippen LogP contribution in [0.3, 0.4) is 0 Å². The molecular weight excluding hydrogens is 368 g/mol. The molecule has 142 valence electrons. The molecule has 0 unspecified atom stereocenters. The fourth-order valence-electron chi connectivity index (χ4n) is 4.66. The summed E-state index contributed by atoms with van der Waals surface area (Å²) in [6, 6.07) is 32.5. The average Bonchev–Trinajstić information content (AvgIpc) is 2.79. The highest BCUT2D eigenvalue weighted by Crippen LogP contribution is 2.46. The SMILES string of the molecule is Oc1cc2c(ccc3ccccc32)c(-c2cccc3c2ccc2ccccc23)c1O. The van der Waals surface area contributed by atoms with Crippen molar-refractivity contribution in [2.45, 2.75) is 0 Å². The second-order valence-electron chi connectivity index (χ2n) is 7.69. The van der Waals surface area contributed by atoms with E-state index in [4.69, 9.17) is 0 Å². The van der Waals surface area contributed by atoms with Crippen LogP contribution in [-0.2, 0) is 0 Å². The van der Waals surface area contributed by atoms with E-state index in [9.17, 15) is 10.2 Å². The number of fused-ring (bicyclic) bond motifs is 6. The molecule has 0 atom stereocenters. The molecule has 0 fully saturated rings. The van der Waals surface area contributed by atoms with E-state index in [2.05, 4.69) is 48.5 Å². The maximum Gasteiger partial charge on any atom is 0.166 e. The summed E-state index contributed by atoms with van der Waals surface area (Å²) >= 11 is 0. The Balaban J connectivity index is 1.79. The van der Waals surface area contributed by atoms with Crippen LogP contribution in [0, 0.1) is 0 Å². The van der Waals surface area contributed by atoms with Crippen LogP contribution in [0.15, 0.2) is 97.1 Å². The minimum Gasteiger partial charge on any atom is -0.504 e. The first-order valence-corrected chi connectivity index (χ1v) is 9.99. The number of hydrogen-bond acceptors (Lipinski definition) is 2. The number of aromatic hydroxyl groups is 2. The predicted octanol–water partition coefficient (Wildman–Crippen LogP) is 7.38. The van der Waals surface area contributed by atoms with Crippen LogP contribution in [0.1, 0.15) is 0 Å². The molecule has 6 aromatic carbocycles. The molecule has 0 saturated heterocycles. The summed E-state index contributed by atoms with van der Waals surface area (Å²) in [7, 11) is 0. The molecule has 0 heterocycles. The van der Waals surface area contributed by atoms with Crippen LogP contribution < -0.4 is 0 Å². The second-order valence-corrected chi connectivity index (χ2v) is 7.69. The molecule has 2 N–H and O–H groups in total. The number of phenolic OH excluding ortho intramolecular Hbond substituents is 2. The van der Waals surface area contributed by atoms with Crippen molar-refractivity contribution in [2.75, 3.05) is 0 Å². The van der Waals surface area contributed by atoms with Crippen molar-refractivity contribution in [3.8, 4) is 22.6 Å². The summed E-state index contributed by atoms with van der Waals surface area (Å²) < 4.78 is 0. The smallest absolute Gasteiger partial charge is 0.166 e. The highest BCUT2D eigenvalue weighted by atomic mass is 16.3. The quantitative estimate of drug-likeness (QED) is 0.229. The lowest BCUT2D eigenvalue weighted by Crippen LogP contribution is -1.88.